The maximum Gasteiger partial charge on any atom is 0.273 e. The highest BCUT2D eigenvalue weighted by molar-refractivity contribution is 5.96. The normalized spacial score (nSPS) is 12.7. The maximum absolute atomic E-state index is 13.0. The highest BCUT2D eigenvalue weighted by Crippen LogP contribution is 2.26. The van der Waals surface area contributed by atoms with E-state index in [1.54, 1.807) is 0 Å². The number of hydrogen-bond donors (Lipinski definition) is 3. The molecule has 0 aliphatic carbocycles. The zero-order chi connectivity index (χ0) is 23.8. The van der Waals surface area contributed by atoms with Gasteiger partial charge in [-0.2, -0.15) is 0 Å². The van der Waals surface area contributed by atoms with Gasteiger partial charge in [0, 0.05) is 25.5 Å². The number of nitrogens with zero attached hydrogens (tertiary/aromatic N) is 3. The van der Waals surface area contributed by atoms with Gasteiger partial charge in [0.25, 0.3) is 5.91 Å². The summed E-state index contributed by atoms with van der Waals surface area (Å²) in [6.45, 7) is 2.80. The number of hydrogen-bond acceptors (Lipinski definition) is 6. The molecule has 0 bridgehead atoms. The van der Waals surface area contributed by atoms with Crippen molar-refractivity contribution in [2.45, 2.75) is 25.4 Å². The molecule has 0 saturated heterocycles. The predicted octanol–water partition coefficient (Wildman–Crippen LogP) is 2.12. The molecule has 3 aromatic rings. The van der Waals surface area contributed by atoms with E-state index in [2.05, 4.69) is 20.6 Å². The van der Waals surface area contributed by atoms with Crippen molar-refractivity contribution >= 4 is 17.6 Å². The molecule has 2 amide bonds. The Morgan fingerprint density at radius 2 is 1.58 bits per heavy atom. The number of amides is 2. The van der Waals surface area contributed by atoms with Gasteiger partial charge in [-0.05, 0) is 44.1 Å². The van der Waals surface area contributed by atoms with Crippen LogP contribution in [0.1, 0.15) is 34.1 Å². The highest BCUT2D eigenvalue weighted by Gasteiger charge is 2.37. The van der Waals surface area contributed by atoms with Crippen LogP contribution in [0.3, 0.4) is 0 Å². The second-order valence-electron chi connectivity index (χ2n) is 8.13. The van der Waals surface area contributed by atoms with Crippen molar-refractivity contribution in [1.82, 2.24) is 25.5 Å². The number of benzene rings is 2. The third kappa shape index (κ3) is 5.72. The average Bonchev–Trinajstić information content (AvgIpc) is 2.83. The van der Waals surface area contributed by atoms with E-state index in [0.29, 0.717) is 19.5 Å². The Bertz CT molecular complexity index is 1090. The summed E-state index contributed by atoms with van der Waals surface area (Å²) in [5, 5.41) is 5.86. The molecule has 0 aliphatic heterocycles. The van der Waals surface area contributed by atoms with E-state index in [1.807, 2.05) is 80.5 Å². The summed E-state index contributed by atoms with van der Waals surface area (Å²) < 4.78 is 0. The van der Waals surface area contributed by atoms with Crippen LogP contribution in [-0.4, -0.2) is 47.3 Å². The molecule has 0 aliphatic rings. The lowest BCUT2D eigenvalue weighted by Crippen LogP contribution is -2.51. The van der Waals surface area contributed by atoms with E-state index >= 15 is 0 Å². The average molecular weight is 447 g/mol. The van der Waals surface area contributed by atoms with E-state index in [1.165, 1.54) is 12.4 Å². The van der Waals surface area contributed by atoms with E-state index in [-0.39, 0.29) is 23.3 Å². The molecular weight excluding hydrogens is 416 g/mol. The van der Waals surface area contributed by atoms with Gasteiger partial charge in [0.2, 0.25) is 5.91 Å². The Labute approximate surface area is 194 Å². The first-order chi connectivity index (χ1) is 15.8. The van der Waals surface area contributed by atoms with Crippen LogP contribution in [0.15, 0.2) is 67.0 Å². The van der Waals surface area contributed by atoms with Crippen LogP contribution in [0, 0.1) is 0 Å². The number of nitrogens with two attached hydrogens (primary N) is 1. The molecule has 33 heavy (non-hydrogen) atoms. The Morgan fingerprint density at radius 1 is 0.939 bits per heavy atom. The van der Waals surface area contributed by atoms with Gasteiger partial charge in [-0.1, -0.05) is 54.6 Å². The second-order valence-corrected chi connectivity index (χ2v) is 8.13. The lowest BCUT2D eigenvalue weighted by atomic mass is 9.89. The van der Waals surface area contributed by atoms with E-state index in [0.717, 1.165) is 16.7 Å². The fraction of sp³-hybridized carbons (Fsp3) is 0.280. The van der Waals surface area contributed by atoms with E-state index < -0.39 is 5.54 Å². The Morgan fingerprint density at radius 3 is 2.21 bits per heavy atom. The van der Waals surface area contributed by atoms with Crippen molar-refractivity contribution in [3.8, 4) is 0 Å². The van der Waals surface area contributed by atoms with Gasteiger partial charge in [-0.15, -0.1) is 0 Å². The molecule has 1 aromatic heterocycles. The molecule has 8 heteroatoms. The van der Waals surface area contributed by atoms with Gasteiger partial charge in [-0.3, -0.25) is 14.5 Å². The predicted molar refractivity (Wildman–Crippen MR) is 128 cm³/mol. The van der Waals surface area contributed by atoms with Gasteiger partial charge in [0.15, 0.2) is 11.5 Å². The number of anilines is 1. The maximum atomic E-state index is 13.0. The van der Waals surface area contributed by atoms with Gasteiger partial charge in [0.1, 0.15) is 5.54 Å². The lowest BCUT2D eigenvalue weighted by Gasteiger charge is -2.35. The molecular formula is C25H30N6O2. The number of nitrogens with one attached hydrogen (secondary N) is 2. The monoisotopic (exact) mass is 446 g/mol. The summed E-state index contributed by atoms with van der Waals surface area (Å²) >= 11 is 0. The lowest BCUT2D eigenvalue weighted by molar-refractivity contribution is -0.131. The van der Waals surface area contributed by atoms with Crippen molar-refractivity contribution in [2.24, 2.45) is 0 Å². The topological polar surface area (TPSA) is 113 Å². The standard InChI is InChI=1S/C25H30N6O2/c1-25(31(2)3,20-7-5-4-6-8-20)24(33)29-14-13-18-9-11-19(12-10-18)17-30-23(32)21-22(26)28-16-15-27-21/h4-12,15-16H,13-14,17H2,1-3H3,(H2,26,28)(H,29,33)(H,30,32). The number of carbonyl (C=O) groups excluding carboxylic acids is 2. The molecule has 1 atom stereocenters. The first kappa shape index (κ1) is 23.9. The fourth-order valence-corrected chi connectivity index (χ4v) is 3.46. The summed E-state index contributed by atoms with van der Waals surface area (Å²) in [6.07, 6.45) is 3.57. The summed E-state index contributed by atoms with van der Waals surface area (Å²) in [4.78, 5) is 35.0. The SMILES string of the molecule is CN(C)C(C)(C(=O)NCCc1ccc(CNC(=O)c2nccnc2N)cc1)c1ccccc1. The fourth-order valence-electron chi connectivity index (χ4n) is 3.46. The number of rotatable bonds is 9. The molecule has 4 N–H and O–H groups in total. The van der Waals surface area contributed by atoms with Crippen molar-refractivity contribution in [3.05, 3.63) is 89.4 Å². The van der Waals surface area contributed by atoms with Crippen molar-refractivity contribution in [3.63, 3.8) is 0 Å². The number of aromatic nitrogens is 2. The first-order valence-corrected chi connectivity index (χ1v) is 10.8. The minimum absolute atomic E-state index is 0.0404. The van der Waals surface area contributed by atoms with Crippen LogP contribution in [0.2, 0.25) is 0 Å². The smallest absolute Gasteiger partial charge is 0.273 e. The Hall–Kier alpha value is -3.78. The van der Waals surface area contributed by atoms with Gasteiger partial charge < -0.3 is 16.4 Å². The second kappa shape index (κ2) is 10.7. The van der Waals surface area contributed by atoms with Gasteiger partial charge in [0.05, 0.1) is 0 Å². The van der Waals surface area contributed by atoms with Crippen molar-refractivity contribution in [1.29, 1.82) is 0 Å². The largest absolute Gasteiger partial charge is 0.382 e. The summed E-state index contributed by atoms with van der Waals surface area (Å²) in [6, 6.07) is 17.6. The highest BCUT2D eigenvalue weighted by atomic mass is 16.2. The Balaban J connectivity index is 1.51. The van der Waals surface area contributed by atoms with Gasteiger partial charge >= 0.3 is 0 Å². The van der Waals surface area contributed by atoms with Crippen LogP contribution in [-0.2, 0) is 23.3 Å². The third-order valence-electron chi connectivity index (χ3n) is 5.79. The molecule has 1 unspecified atom stereocenters. The van der Waals surface area contributed by atoms with Crippen LogP contribution in [0.5, 0.6) is 0 Å². The van der Waals surface area contributed by atoms with Crippen molar-refractivity contribution < 1.29 is 9.59 Å². The molecule has 1 heterocycles. The zero-order valence-electron chi connectivity index (χ0n) is 19.2. The number of likely N-dealkylation sites (N-methyl/N-ethyl adjacent to an activating group) is 1. The summed E-state index contributed by atoms with van der Waals surface area (Å²) in [5.41, 5.74) is 8.03. The number of carbonyl (C=O) groups is 2. The summed E-state index contributed by atoms with van der Waals surface area (Å²) in [5.74, 6) is -0.305. The molecule has 0 saturated carbocycles. The molecule has 3 rings (SSSR count). The van der Waals surface area contributed by atoms with Crippen LogP contribution >= 0.6 is 0 Å². The summed E-state index contributed by atoms with van der Waals surface area (Å²) in [7, 11) is 3.81. The first-order valence-electron chi connectivity index (χ1n) is 10.8. The molecule has 8 nitrogen and oxygen atoms in total. The minimum Gasteiger partial charge on any atom is -0.382 e. The third-order valence-corrected chi connectivity index (χ3v) is 5.79. The van der Waals surface area contributed by atoms with Crippen LogP contribution in [0.4, 0.5) is 5.82 Å². The van der Waals surface area contributed by atoms with Crippen molar-refractivity contribution in [2.75, 3.05) is 26.4 Å². The molecule has 0 spiro atoms. The minimum atomic E-state index is -0.754. The molecule has 0 radical (unpaired) electrons. The van der Waals surface area contributed by atoms with Crippen LogP contribution < -0.4 is 16.4 Å². The van der Waals surface area contributed by atoms with E-state index in [4.69, 9.17) is 5.73 Å². The molecule has 0 fully saturated rings. The quantitative estimate of drug-likeness (QED) is 0.464. The molecule has 172 valence electrons. The van der Waals surface area contributed by atoms with Gasteiger partial charge in [-0.25, -0.2) is 9.97 Å². The zero-order valence-corrected chi connectivity index (χ0v) is 19.2. The van der Waals surface area contributed by atoms with E-state index in [9.17, 15) is 9.59 Å². The number of nitrogen functional groups attached to an aromatic ring is 1. The van der Waals surface area contributed by atoms with Crippen LogP contribution in [0.25, 0.3) is 0 Å². The Kier molecular flexibility index (Phi) is 7.74. The molecule has 2 aromatic carbocycles.